The Morgan fingerprint density at radius 1 is 1.11 bits per heavy atom. The highest BCUT2D eigenvalue weighted by Gasteiger charge is 2.40. The summed E-state index contributed by atoms with van der Waals surface area (Å²) in [4.78, 5) is 1.34. The van der Waals surface area contributed by atoms with Crippen molar-refractivity contribution in [2.24, 2.45) is 0 Å². The Kier molecular flexibility index (Phi) is 4.48. The van der Waals surface area contributed by atoms with Gasteiger partial charge >= 0.3 is 0 Å². The molecule has 1 aromatic carbocycles. The summed E-state index contributed by atoms with van der Waals surface area (Å²) in [6.07, 6.45) is 5.26. The Hall–Kier alpha value is -1.06. The van der Waals surface area contributed by atoms with Gasteiger partial charge in [0.15, 0.2) is 0 Å². The number of likely N-dealkylation sites (N-methyl/N-ethyl adjacent to an activating group) is 1. The highest BCUT2D eigenvalue weighted by molar-refractivity contribution is 5.30. The van der Waals surface area contributed by atoms with E-state index in [9.17, 15) is 10.2 Å². The topological polar surface area (TPSA) is 44.9 Å². The molecule has 0 aromatic heterocycles. The molecule has 0 radical (unpaired) electrons. The van der Waals surface area contributed by atoms with Crippen LogP contribution in [-0.2, 0) is 0 Å². The van der Waals surface area contributed by atoms with Crippen molar-refractivity contribution in [1.29, 1.82) is 0 Å². The van der Waals surface area contributed by atoms with Gasteiger partial charge in [-0.3, -0.25) is 0 Å². The van der Waals surface area contributed by atoms with Crippen molar-refractivity contribution in [3.05, 3.63) is 29.8 Å². The summed E-state index contributed by atoms with van der Waals surface area (Å²) in [6.45, 7) is 0.918. The van der Waals surface area contributed by atoms with E-state index < -0.39 is 5.60 Å². The predicted molar refractivity (Wildman–Crippen MR) is 76.6 cm³/mol. The van der Waals surface area contributed by atoms with E-state index in [0.717, 1.165) is 37.8 Å². The van der Waals surface area contributed by atoms with E-state index in [2.05, 4.69) is 14.1 Å². The molecule has 19 heavy (non-hydrogen) atoms. The van der Waals surface area contributed by atoms with Crippen LogP contribution in [0.5, 0.6) is 5.75 Å². The van der Waals surface area contributed by atoms with Crippen LogP contribution in [0, 0.1) is 0 Å². The molecule has 1 aliphatic rings. The minimum atomic E-state index is -0.577. The molecule has 1 unspecified atom stereocenters. The SMILES string of the molecule is C[NH+](C)CC(c1ccc(O)cc1)C1(O)CCCCC1. The molecule has 3 heteroatoms. The number of phenolic OH excluding ortho intramolecular Hbond substituents is 1. The van der Waals surface area contributed by atoms with Crippen LogP contribution in [0.4, 0.5) is 0 Å². The van der Waals surface area contributed by atoms with Gasteiger partial charge < -0.3 is 15.1 Å². The fraction of sp³-hybridized carbons (Fsp3) is 0.625. The maximum Gasteiger partial charge on any atom is 0.115 e. The second-order valence-corrected chi connectivity index (χ2v) is 6.22. The molecule has 1 aliphatic carbocycles. The van der Waals surface area contributed by atoms with Crippen molar-refractivity contribution in [3.8, 4) is 5.75 Å². The summed E-state index contributed by atoms with van der Waals surface area (Å²) in [5.41, 5.74) is 0.565. The van der Waals surface area contributed by atoms with E-state index in [4.69, 9.17) is 0 Å². The van der Waals surface area contributed by atoms with Gasteiger partial charge in [0.25, 0.3) is 0 Å². The highest BCUT2D eigenvalue weighted by Crippen LogP contribution is 2.39. The summed E-state index contributed by atoms with van der Waals surface area (Å²) in [7, 11) is 4.25. The van der Waals surface area contributed by atoms with Gasteiger partial charge in [0, 0.05) is 0 Å². The molecule has 0 bridgehead atoms. The number of phenols is 1. The van der Waals surface area contributed by atoms with E-state index in [0.29, 0.717) is 0 Å². The van der Waals surface area contributed by atoms with Crippen LogP contribution in [-0.4, -0.2) is 36.5 Å². The third-order valence-electron chi connectivity index (χ3n) is 4.28. The summed E-state index contributed by atoms with van der Waals surface area (Å²) in [6, 6.07) is 7.35. The average molecular weight is 264 g/mol. The van der Waals surface area contributed by atoms with Crippen molar-refractivity contribution in [3.63, 3.8) is 0 Å². The van der Waals surface area contributed by atoms with E-state index in [1.807, 2.05) is 12.1 Å². The molecule has 3 N–H and O–H groups in total. The van der Waals surface area contributed by atoms with Gasteiger partial charge in [-0.2, -0.15) is 0 Å². The Bertz CT molecular complexity index is 394. The monoisotopic (exact) mass is 264 g/mol. The predicted octanol–water partition coefficient (Wildman–Crippen LogP) is 1.32. The molecule has 0 heterocycles. The Labute approximate surface area is 115 Å². The summed E-state index contributed by atoms with van der Waals surface area (Å²) in [5, 5.41) is 20.5. The number of hydrogen-bond donors (Lipinski definition) is 3. The summed E-state index contributed by atoms with van der Waals surface area (Å²) < 4.78 is 0. The fourth-order valence-corrected chi connectivity index (χ4v) is 3.25. The number of benzene rings is 1. The average Bonchev–Trinajstić information content (AvgIpc) is 2.38. The smallest absolute Gasteiger partial charge is 0.115 e. The van der Waals surface area contributed by atoms with Gasteiger partial charge in [-0.1, -0.05) is 31.4 Å². The standard InChI is InChI=1S/C16H25NO2/c1-17(2)12-15(13-6-8-14(18)9-7-13)16(19)10-4-3-5-11-16/h6-9,15,18-19H,3-5,10-12H2,1-2H3/p+1. The quantitative estimate of drug-likeness (QED) is 0.768. The highest BCUT2D eigenvalue weighted by atomic mass is 16.3. The first kappa shape index (κ1) is 14.4. The molecule has 1 saturated carbocycles. The number of aliphatic hydroxyl groups is 1. The number of quaternary nitrogens is 1. The number of nitrogens with one attached hydrogen (secondary N) is 1. The van der Waals surface area contributed by atoms with Crippen LogP contribution in [0.2, 0.25) is 0 Å². The Morgan fingerprint density at radius 2 is 1.68 bits per heavy atom. The second kappa shape index (κ2) is 5.93. The van der Waals surface area contributed by atoms with Crippen LogP contribution in [0.1, 0.15) is 43.6 Å². The molecule has 3 nitrogen and oxygen atoms in total. The minimum Gasteiger partial charge on any atom is -0.508 e. The van der Waals surface area contributed by atoms with Crippen LogP contribution in [0.3, 0.4) is 0 Å². The summed E-state index contributed by atoms with van der Waals surface area (Å²) in [5.74, 6) is 0.439. The maximum atomic E-state index is 11.0. The van der Waals surface area contributed by atoms with Crippen LogP contribution < -0.4 is 4.90 Å². The molecule has 1 atom stereocenters. The lowest BCUT2D eigenvalue weighted by molar-refractivity contribution is -0.860. The number of aromatic hydroxyl groups is 1. The van der Waals surface area contributed by atoms with Crippen molar-refractivity contribution in [2.75, 3.05) is 20.6 Å². The van der Waals surface area contributed by atoms with Crippen LogP contribution >= 0.6 is 0 Å². The van der Waals surface area contributed by atoms with E-state index in [1.54, 1.807) is 12.1 Å². The molecule has 0 saturated heterocycles. The van der Waals surface area contributed by atoms with Gasteiger partial charge in [0.05, 0.1) is 32.2 Å². The van der Waals surface area contributed by atoms with E-state index in [-0.39, 0.29) is 11.7 Å². The van der Waals surface area contributed by atoms with Gasteiger partial charge in [0.2, 0.25) is 0 Å². The Balaban J connectivity index is 2.26. The molecular formula is C16H26NO2+. The van der Waals surface area contributed by atoms with Crippen molar-refractivity contribution in [2.45, 2.75) is 43.6 Å². The Morgan fingerprint density at radius 3 is 2.21 bits per heavy atom. The third-order valence-corrected chi connectivity index (χ3v) is 4.28. The van der Waals surface area contributed by atoms with Crippen molar-refractivity contribution < 1.29 is 15.1 Å². The lowest BCUT2D eigenvalue weighted by Gasteiger charge is -2.39. The van der Waals surface area contributed by atoms with Crippen LogP contribution in [0.15, 0.2) is 24.3 Å². The second-order valence-electron chi connectivity index (χ2n) is 6.22. The van der Waals surface area contributed by atoms with Gasteiger partial charge in [-0.05, 0) is 30.5 Å². The lowest BCUT2D eigenvalue weighted by Crippen LogP contribution is -3.06. The summed E-state index contributed by atoms with van der Waals surface area (Å²) >= 11 is 0. The fourth-order valence-electron chi connectivity index (χ4n) is 3.25. The minimum absolute atomic E-state index is 0.151. The van der Waals surface area contributed by atoms with Crippen LogP contribution in [0.25, 0.3) is 0 Å². The van der Waals surface area contributed by atoms with Gasteiger partial charge in [0.1, 0.15) is 5.75 Å². The first-order chi connectivity index (χ1) is 9.01. The molecule has 106 valence electrons. The molecule has 0 aliphatic heterocycles. The molecule has 1 aromatic rings. The molecule has 1 fully saturated rings. The van der Waals surface area contributed by atoms with Gasteiger partial charge in [-0.25, -0.2) is 0 Å². The van der Waals surface area contributed by atoms with Crippen molar-refractivity contribution in [1.82, 2.24) is 0 Å². The molecule has 2 rings (SSSR count). The maximum absolute atomic E-state index is 11.0. The zero-order chi connectivity index (χ0) is 13.9. The third kappa shape index (κ3) is 3.48. The first-order valence-corrected chi connectivity index (χ1v) is 7.31. The van der Waals surface area contributed by atoms with Gasteiger partial charge in [-0.15, -0.1) is 0 Å². The van der Waals surface area contributed by atoms with E-state index >= 15 is 0 Å². The lowest BCUT2D eigenvalue weighted by atomic mass is 9.72. The molecule has 0 amide bonds. The normalized spacial score (nSPS) is 20.4. The zero-order valence-electron chi connectivity index (χ0n) is 12.0. The molecular weight excluding hydrogens is 238 g/mol. The first-order valence-electron chi connectivity index (χ1n) is 7.31. The largest absolute Gasteiger partial charge is 0.508 e. The van der Waals surface area contributed by atoms with Crippen molar-refractivity contribution >= 4 is 0 Å². The number of hydrogen-bond acceptors (Lipinski definition) is 2. The zero-order valence-corrected chi connectivity index (χ0v) is 12.0. The van der Waals surface area contributed by atoms with E-state index in [1.165, 1.54) is 11.3 Å². The molecule has 0 spiro atoms. The number of rotatable bonds is 4.